The van der Waals surface area contributed by atoms with Crippen LogP contribution >= 0.6 is 0 Å². The number of ether oxygens (including phenoxy) is 1. The fourth-order valence-corrected chi connectivity index (χ4v) is 1.92. The van der Waals surface area contributed by atoms with Crippen molar-refractivity contribution in [3.63, 3.8) is 0 Å². The van der Waals surface area contributed by atoms with Gasteiger partial charge in [0.1, 0.15) is 11.8 Å². The second-order valence-electron chi connectivity index (χ2n) is 5.07. The summed E-state index contributed by atoms with van der Waals surface area (Å²) >= 11 is 0. The topological polar surface area (TPSA) is 64.3 Å². The van der Waals surface area contributed by atoms with Crippen molar-refractivity contribution in [2.75, 3.05) is 5.32 Å². The summed E-state index contributed by atoms with van der Waals surface area (Å²) in [5, 5.41) is 2.80. The van der Waals surface area contributed by atoms with Gasteiger partial charge in [0.2, 0.25) is 5.91 Å². The molecule has 1 amide bonds. The van der Waals surface area contributed by atoms with E-state index in [0.29, 0.717) is 5.69 Å². The Labute approximate surface area is 124 Å². The molecule has 0 spiro atoms. The van der Waals surface area contributed by atoms with Crippen molar-refractivity contribution < 1.29 is 9.53 Å². The Morgan fingerprint density at radius 3 is 2.24 bits per heavy atom. The van der Waals surface area contributed by atoms with Crippen molar-refractivity contribution in [2.45, 2.75) is 26.0 Å². The number of nitrogens with two attached hydrogens (primary N) is 1. The Bertz CT molecular complexity index is 579. The highest BCUT2D eigenvalue weighted by Gasteiger charge is 2.15. The third-order valence-corrected chi connectivity index (χ3v) is 2.93. The molecular formula is C17H20N2O2. The second-order valence-corrected chi connectivity index (χ2v) is 5.07. The molecule has 0 radical (unpaired) electrons. The van der Waals surface area contributed by atoms with Crippen LogP contribution < -0.4 is 15.8 Å². The van der Waals surface area contributed by atoms with Gasteiger partial charge in [-0.05, 0) is 43.7 Å². The van der Waals surface area contributed by atoms with Crippen LogP contribution in [-0.2, 0) is 4.79 Å². The molecule has 0 fully saturated rings. The molecule has 4 heteroatoms. The Balaban J connectivity index is 1.99. The van der Waals surface area contributed by atoms with Crippen LogP contribution in [-0.4, -0.2) is 12.0 Å². The quantitative estimate of drug-likeness (QED) is 0.886. The first kappa shape index (κ1) is 15.1. The van der Waals surface area contributed by atoms with Gasteiger partial charge in [0.05, 0.1) is 6.10 Å². The predicted molar refractivity (Wildman–Crippen MR) is 84.2 cm³/mol. The van der Waals surface area contributed by atoms with E-state index in [-0.39, 0.29) is 12.0 Å². The Morgan fingerprint density at radius 1 is 1.05 bits per heavy atom. The van der Waals surface area contributed by atoms with Gasteiger partial charge in [0, 0.05) is 5.69 Å². The van der Waals surface area contributed by atoms with Gasteiger partial charge < -0.3 is 15.8 Å². The van der Waals surface area contributed by atoms with E-state index in [4.69, 9.17) is 10.5 Å². The van der Waals surface area contributed by atoms with Gasteiger partial charge in [-0.3, -0.25) is 4.79 Å². The molecule has 0 heterocycles. The highest BCUT2D eigenvalue weighted by Crippen LogP contribution is 2.18. The molecule has 4 nitrogen and oxygen atoms in total. The summed E-state index contributed by atoms with van der Waals surface area (Å²) in [5.41, 5.74) is 7.43. The molecule has 0 bridgehead atoms. The van der Waals surface area contributed by atoms with E-state index in [1.165, 1.54) is 0 Å². The Morgan fingerprint density at radius 2 is 1.67 bits per heavy atom. The zero-order valence-corrected chi connectivity index (χ0v) is 12.2. The molecule has 21 heavy (non-hydrogen) atoms. The molecule has 0 saturated heterocycles. The number of benzene rings is 2. The van der Waals surface area contributed by atoms with Crippen LogP contribution in [0.25, 0.3) is 0 Å². The number of carbonyl (C=O) groups is 1. The predicted octanol–water partition coefficient (Wildman–Crippen LogP) is 3.11. The number of amides is 1. The number of anilines is 1. The number of hydrogen-bond acceptors (Lipinski definition) is 3. The van der Waals surface area contributed by atoms with Gasteiger partial charge in [-0.15, -0.1) is 0 Å². The van der Waals surface area contributed by atoms with E-state index < -0.39 is 6.04 Å². The third-order valence-electron chi connectivity index (χ3n) is 2.93. The lowest BCUT2D eigenvalue weighted by atomic mass is 10.1. The number of rotatable bonds is 5. The average Bonchev–Trinajstić information content (AvgIpc) is 2.49. The van der Waals surface area contributed by atoms with Crippen LogP contribution in [0.3, 0.4) is 0 Å². The Hall–Kier alpha value is -2.33. The summed E-state index contributed by atoms with van der Waals surface area (Å²) < 4.78 is 5.55. The molecule has 0 aliphatic heterocycles. The molecule has 2 rings (SSSR count). The highest BCUT2D eigenvalue weighted by atomic mass is 16.5. The van der Waals surface area contributed by atoms with Crippen LogP contribution in [0.15, 0.2) is 54.6 Å². The lowest BCUT2D eigenvalue weighted by Gasteiger charge is -2.13. The molecule has 0 saturated carbocycles. The molecule has 0 aliphatic carbocycles. The summed E-state index contributed by atoms with van der Waals surface area (Å²) in [4.78, 5) is 12.1. The van der Waals surface area contributed by atoms with E-state index in [9.17, 15) is 4.79 Å². The van der Waals surface area contributed by atoms with E-state index in [1.54, 1.807) is 12.1 Å². The van der Waals surface area contributed by atoms with Crippen molar-refractivity contribution in [3.8, 4) is 5.75 Å². The van der Waals surface area contributed by atoms with Gasteiger partial charge in [-0.1, -0.05) is 30.3 Å². The van der Waals surface area contributed by atoms with Gasteiger partial charge in [-0.2, -0.15) is 0 Å². The Kier molecular flexibility index (Phi) is 4.95. The largest absolute Gasteiger partial charge is 0.491 e. The first-order valence-corrected chi connectivity index (χ1v) is 6.94. The van der Waals surface area contributed by atoms with Crippen LogP contribution in [0.5, 0.6) is 5.75 Å². The van der Waals surface area contributed by atoms with Crippen LogP contribution in [0.1, 0.15) is 25.5 Å². The first-order chi connectivity index (χ1) is 10.1. The third kappa shape index (κ3) is 4.33. The number of hydrogen-bond donors (Lipinski definition) is 2. The zero-order valence-electron chi connectivity index (χ0n) is 12.2. The maximum atomic E-state index is 12.1. The van der Waals surface area contributed by atoms with E-state index in [0.717, 1.165) is 11.3 Å². The first-order valence-electron chi connectivity index (χ1n) is 6.94. The van der Waals surface area contributed by atoms with Crippen molar-refractivity contribution in [2.24, 2.45) is 5.73 Å². The number of nitrogens with one attached hydrogen (secondary N) is 1. The average molecular weight is 284 g/mol. The summed E-state index contributed by atoms with van der Waals surface area (Å²) in [7, 11) is 0. The molecular weight excluding hydrogens is 264 g/mol. The minimum atomic E-state index is -0.683. The maximum absolute atomic E-state index is 12.1. The molecule has 0 aliphatic rings. The monoisotopic (exact) mass is 284 g/mol. The summed E-state index contributed by atoms with van der Waals surface area (Å²) in [6, 6.07) is 15.8. The molecule has 2 aromatic rings. The molecule has 3 N–H and O–H groups in total. The summed E-state index contributed by atoms with van der Waals surface area (Å²) in [5.74, 6) is 0.536. The van der Waals surface area contributed by atoms with Crippen LogP contribution in [0.2, 0.25) is 0 Å². The molecule has 1 atom stereocenters. The lowest BCUT2D eigenvalue weighted by molar-refractivity contribution is -0.117. The molecule has 110 valence electrons. The van der Waals surface area contributed by atoms with Crippen molar-refractivity contribution >= 4 is 11.6 Å². The molecule has 2 aromatic carbocycles. The van der Waals surface area contributed by atoms with Crippen molar-refractivity contribution in [1.82, 2.24) is 0 Å². The van der Waals surface area contributed by atoms with Crippen LogP contribution in [0, 0.1) is 0 Å². The maximum Gasteiger partial charge on any atom is 0.245 e. The van der Waals surface area contributed by atoms with Gasteiger partial charge in [0.25, 0.3) is 0 Å². The van der Waals surface area contributed by atoms with E-state index in [2.05, 4.69) is 5.32 Å². The van der Waals surface area contributed by atoms with Gasteiger partial charge >= 0.3 is 0 Å². The highest BCUT2D eigenvalue weighted by molar-refractivity contribution is 5.95. The standard InChI is InChI=1S/C17H20N2O2/c1-12(2)21-15-10-8-14(9-11-15)19-17(20)16(18)13-6-4-3-5-7-13/h3-12,16H,18H2,1-2H3,(H,19,20). The number of carbonyl (C=O) groups excluding carboxylic acids is 1. The van der Waals surface area contributed by atoms with E-state index in [1.807, 2.05) is 56.3 Å². The minimum absolute atomic E-state index is 0.122. The minimum Gasteiger partial charge on any atom is -0.491 e. The van der Waals surface area contributed by atoms with Crippen LogP contribution in [0.4, 0.5) is 5.69 Å². The summed E-state index contributed by atoms with van der Waals surface area (Å²) in [6.07, 6.45) is 0.122. The van der Waals surface area contributed by atoms with Gasteiger partial charge in [-0.25, -0.2) is 0 Å². The molecule has 1 unspecified atom stereocenters. The zero-order chi connectivity index (χ0) is 15.2. The fraction of sp³-hybridized carbons (Fsp3) is 0.235. The summed E-state index contributed by atoms with van der Waals surface area (Å²) in [6.45, 7) is 3.93. The fourth-order valence-electron chi connectivity index (χ4n) is 1.92. The van der Waals surface area contributed by atoms with E-state index >= 15 is 0 Å². The lowest BCUT2D eigenvalue weighted by Crippen LogP contribution is -2.27. The van der Waals surface area contributed by atoms with Gasteiger partial charge in [0.15, 0.2) is 0 Å². The van der Waals surface area contributed by atoms with Crippen molar-refractivity contribution in [3.05, 3.63) is 60.2 Å². The normalized spacial score (nSPS) is 12.0. The smallest absolute Gasteiger partial charge is 0.245 e. The SMILES string of the molecule is CC(C)Oc1ccc(NC(=O)C(N)c2ccccc2)cc1. The van der Waals surface area contributed by atoms with Crippen molar-refractivity contribution in [1.29, 1.82) is 0 Å². The second kappa shape index (κ2) is 6.90. The molecule has 0 aromatic heterocycles.